The minimum Gasteiger partial charge on any atom is -0.478 e. The Kier molecular flexibility index (Phi) is 19.2. The van der Waals surface area contributed by atoms with Crippen molar-refractivity contribution in [2.24, 2.45) is 5.18 Å². The Morgan fingerprint density at radius 1 is 0.423 bits per heavy atom. The van der Waals surface area contributed by atoms with Crippen LogP contribution in [0.25, 0.3) is 0 Å². The monoisotopic (exact) mass is 935 g/mol. The van der Waals surface area contributed by atoms with E-state index in [1.54, 1.807) is 193 Å². The van der Waals surface area contributed by atoms with Gasteiger partial charge in [0.05, 0.1) is 11.1 Å². The largest absolute Gasteiger partial charge is 0.478 e. The minimum absolute atomic E-state index is 0.118. The van der Waals surface area contributed by atoms with Crippen LogP contribution in [0.2, 0.25) is 23.6 Å². The normalized spacial score (nSPS) is 23.7. The molecule has 1 aromatic rings. The summed E-state index contributed by atoms with van der Waals surface area (Å²) in [5.74, 6) is -2.77. The van der Waals surface area contributed by atoms with E-state index in [0.29, 0.717) is 0 Å². The van der Waals surface area contributed by atoms with Gasteiger partial charge in [-0.3, -0.25) is 0 Å². The molecule has 0 heterocycles. The first-order valence-electron chi connectivity index (χ1n) is 22.4. The van der Waals surface area contributed by atoms with Crippen molar-refractivity contribution in [3.63, 3.8) is 0 Å². The molecular formula is C44H73NO5Sn2. The standard InChI is InChI=1S/C8H5NO5.6C6H11.2Sn.2H/c10-7(11)5-2-1-4(9-14)3-6(5)8(12)13;6*1-2-4-6-5-3-1;;;;/h1-3H,(H,10,11)(H,12,13);6*1H,2-6H2;;;;. The van der Waals surface area contributed by atoms with Crippen molar-refractivity contribution >= 4 is 57.1 Å². The van der Waals surface area contributed by atoms with E-state index in [1.165, 1.54) is 23.6 Å². The van der Waals surface area contributed by atoms with Gasteiger partial charge in [0.1, 0.15) is 5.69 Å². The second-order valence-electron chi connectivity index (χ2n) is 18.0. The molecule has 0 amide bonds. The van der Waals surface area contributed by atoms with Gasteiger partial charge >= 0.3 is 268 Å². The fraction of sp³-hybridized carbons (Fsp3) is 0.818. The van der Waals surface area contributed by atoms with Crippen molar-refractivity contribution in [2.45, 2.75) is 216 Å². The van der Waals surface area contributed by atoms with Gasteiger partial charge in [-0.15, -0.1) is 4.91 Å². The molecule has 0 unspecified atom stereocenters. The van der Waals surface area contributed by atoms with Gasteiger partial charge in [0, 0.05) is 0 Å². The number of carboxylic acid groups (broad SMARTS) is 2. The molecule has 0 saturated heterocycles. The zero-order valence-corrected chi connectivity index (χ0v) is 39.2. The number of nitrogens with zero attached hydrogens (tertiary/aromatic N) is 1. The van der Waals surface area contributed by atoms with Crippen LogP contribution in [0.4, 0.5) is 5.69 Å². The number of carboxylic acids is 2. The first-order chi connectivity index (χ1) is 25.5. The molecule has 0 radical (unpaired) electrons. The van der Waals surface area contributed by atoms with Crippen LogP contribution in [-0.2, 0) is 0 Å². The Bertz CT molecular complexity index is 1070. The van der Waals surface area contributed by atoms with Gasteiger partial charge in [-0.05, 0) is 23.4 Å². The van der Waals surface area contributed by atoms with Gasteiger partial charge in [-0.25, -0.2) is 9.59 Å². The van der Waals surface area contributed by atoms with E-state index in [0.717, 1.165) is 18.2 Å². The van der Waals surface area contributed by atoms with Gasteiger partial charge in [0.2, 0.25) is 0 Å². The minimum atomic E-state index is -1.41. The van der Waals surface area contributed by atoms with Crippen LogP contribution in [0.3, 0.4) is 0 Å². The molecule has 292 valence electrons. The van der Waals surface area contributed by atoms with Crippen LogP contribution < -0.4 is 0 Å². The summed E-state index contributed by atoms with van der Waals surface area (Å²) in [6.45, 7) is 0. The van der Waals surface area contributed by atoms with Crippen LogP contribution >= 0.6 is 0 Å². The molecule has 6 aliphatic rings. The van der Waals surface area contributed by atoms with Crippen molar-refractivity contribution in [1.29, 1.82) is 0 Å². The van der Waals surface area contributed by atoms with Crippen molar-refractivity contribution in [2.75, 3.05) is 0 Å². The molecule has 52 heavy (non-hydrogen) atoms. The quantitative estimate of drug-likeness (QED) is 0.190. The van der Waals surface area contributed by atoms with Crippen LogP contribution in [0, 0.1) is 4.91 Å². The summed E-state index contributed by atoms with van der Waals surface area (Å²) in [6, 6.07) is 3.09. The summed E-state index contributed by atoms with van der Waals surface area (Å²) in [5.41, 5.74) is -0.938. The average molecular weight is 933 g/mol. The molecule has 0 bridgehead atoms. The first-order valence-corrected chi connectivity index (χ1v) is 33.8. The Morgan fingerprint density at radius 3 is 0.885 bits per heavy atom. The topological polar surface area (TPSA) is 104 Å². The third-order valence-electron chi connectivity index (χ3n) is 14.7. The first kappa shape index (κ1) is 42.5. The van der Waals surface area contributed by atoms with Crippen LogP contribution in [0.1, 0.15) is 213 Å². The molecule has 6 nitrogen and oxygen atoms in total. The smallest absolute Gasteiger partial charge is 0.336 e. The molecule has 2 N–H and O–H groups in total. The van der Waals surface area contributed by atoms with E-state index < -0.39 is 57.0 Å². The van der Waals surface area contributed by atoms with Crippen molar-refractivity contribution in [1.82, 2.24) is 0 Å². The number of hydrogen-bond donors (Lipinski definition) is 2. The van der Waals surface area contributed by atoms with Crippen LogP contribution in [0.5, 0.6) is 0 Å². The summed E-state index contributed by atoms with van der Waals surface area (Å²) in [6.07, 6.45) is 48.6. The average Bonchev–Trinajstić information content (AvgIpc) is 3.21. The molecule has 6 aliphatic carbocycles. The fourth-order valence-corrected chi connectivity index (χ4v) is 46.8. The third kappa shape index (κ3) is 13.0. The molecular weight excluding hydrogens is 860 g/mol. The number of nitroso groups, excluding NO2 is 1. The predicted octanol–water partition coefficient (Wildman–Crippen LogP) is 13.9. The Balaban J connectivity index is 0.000000153. The van der Waals surface area contributed by atoms with E-state index in [1.807, 2.05) is 0 Å². The second kappa shape index (κ2) is 23.4. The Morgan fingerprint density at radius 2 is 0.673 bits per heavy atom. The number of aromatic carboxylic acids is 2. The van der Waals surface area contributed by atoms with Crippen molar-refractivity contribution < 1.29 is 19.8 Å². The summed E-state index contributed by atoms with van der Waals surface area (Å²) >= 11 is -2.61. The van der Waals surface area contributed by atoms with Gasteiger partial charge in [-0.1, -0.05) is 0 Å². The van der Waals surface area contributed by atoms with E-state index in [9.17, 15) is 14.5 Å². The zero-order chi connectivity index (χ0) is 36.5. The van der Waals surface area contributed by atoms with Gasteiger partial charge in [0.25, 0.3) is 0 Å². The molecule has 8 heteroatoms. The number of carbonyl (C=O) groups is 2. The molecule has 6 saturated carbocycles. The summed E-state index contributed by atoms with van der Waals surface area (Å²) in [5, 5.41) is 19.7. The van der Waals surface area contributed by atoms with E-state index >= 15 is 0 Å². The van der Waals surface area contributed by atoms with Gasteiger partial charge in [0.15, 0.2) is 0 Å². The Hall–Kier alpha value is -0.643. The van der Waals surface area contributed by atoms with E-state index in [2.05, 4.69) is 5.18 Å². The predicted molar refractivity (Wildman–Crippen MR) is 221 cm³/mol. The van der Waals surface area contributed by atoms with E-state index in [-0.39, 0.29) is 11.3 Å². The van der Waals surface area contributed by atoms with Gasteiger partial charge < -0.3 is 10.2 Å². The molecule has 0 aliphatic heterocycles. The molecule has 6 fully saturated rings. The summed E-state index contributed by atoms with van der Waals surface area (Å²) < 4.78 is 8.01. The van der Waals surface area contributed by atoms with Crippen molar-refractivity contribution in [3.8, 4) is 0 Å². The molecule has 0 aromatic heterocycles. The maximum Gasteiger partial charge on any atom is 0.336 e. The number of rotatable bonds is 9. The Labute approximate surface area is 330 Å². The summed E-state index contributed by atoms with van der Waals surface area (Å²) in [7, 11) is 0. The maximum atomic E-state index is 10.6. The molecule has 7 rings (SSSR count). The fourth-order valence-electron chi connectivity index (χ4n) is 12.4. The maximum absolute atomic E-state index is 10.6. The molecule has 1 aromatic carbocycles. The third-order valence-corrected chi connectivity index (χ3v) is 44.8. The van der Waals surface area contributed by atoms with Crippen LogP contribution in [-0.4, -0.2) is 61.7 Å². The molecule has 0 spiro atoms. The number of benzene rings is 1. The van der Waals surface area contributed by atoms with Gasteiger partial charge in [-0.2, -0.15) is 0 Å². The van der Waals surface area contributed by atoms with E-state index in [4.69, 9.17) is 10.2 Å². The molecule has 0 atom stereocenters. The SMILES string of the molecule is C1CC[CH]([SnH]([CH]2CCCCC2)[CH]2CCCCC2)CC1.C1CC[CH]([SnH]([CH]2CCCCC2)[CH]2CCCCC2)CC1.O=Nc1ccc(C(=O)O)c(C(=O)O)c1. The summed E-state index contributed by atoms with van der Waals surface area (Å²) in [4.78, 5) is 31.2. The second-order valence-corrected chi connectivity index (χ2v) is 40.7. The number of hydrogen-bond acceptors (Lipinski definition) is 4. The van der Waals surface area contributed by atoms with Crippen LogP contribution in [0.15, 0.2) is 23.4 Å². The zero-order valence-electron chi connectivity index (χ0n) is 32.6. The van der Waals surface area contributed by atoms with Crippen molar-refractivity contribution in [3.05, 3.63) is 34.2 Å².